The van der Waals surface area contributed by atoms with E-state index in [9.17, 15) is 13.2 Å². The summed E-state index contributed by atoms with van der Waals surface area (Å²) in [5.41, 5.74) is 6.66. The van der Waals surface area contributed by atoms with E-state index < -0.39 is 12.1 Å². The van der Waals surface area contributed by atoms with Crippen molar-refractivity contribution in [2.75, 3.05) is 0 Å². The lowest BCUT2D eigenvalue weighted by molar-refractivity contribution is -0.192. The largest absolute Gasteiger partial charge is 0.490 e. The Morgan fingerprint density at radius 2 is 1.94 bits per heavy atom. The number of nitrogens with two attached hydrogens (primary N) is 1. The standard InChI is InChI=1S/C7H9N3.C2HF3O2/c8-7(1-2-7)6-5-9-3-4-10-6;3-2(4,5)1(6)7/h3-5H,1-2,8H2;(H,6,7). The van der Waals surface area contributed by atoms with Crippen molar-refractivity contribution in [2.45, 2.75) is 24.6 Å². The lowest BCUT2D eigenvalue weighted by Crippen LogP contribution is -2.21. The molecule has 94 valence electrons. The Kier molecular flexibility index (Phi) is 3.66. The first-order chi connectivity index (χ1) is 7.76. The van der Waals surface area contributed by atoms with Crippen LogP contribution in [0.3, 0.4) is 0 Å². The lowest BCUT2D eigenvalue weighted by atomic mass is 10.2. The molecule has 17 heavy (non-hydrogen) atoms. The fourth-order valence-corrected chi connectivity index (χ4v) is 0.947. The first-order valence-electron chi connectivity index (χ1n) is 4.61. The number of aliphatic carboxylic acids is 1. The van der Waals surface area contributed by atoms with Crippen LogP contribution in [0.1, 0.15) is 18.5 Å². The highest BCUT2D eigenvalue weighted by Crippen LogP contribution is 2.40. The van der Waals surface area contributed by atoms with E-state index in [4.69, 9.17) is 15.6 Å². The molecular weight excluding hydrogens is 239 g/mol. The molecule has 0 unspecified atom stereocenters. The Bertz CT molecular complexity index is 390. The molecular formula is C9H10F3N3O2. The van der Waals surface area contributed by atoms with Crippen LogP contribution in [0, 0.1) is 0 Å². The first-order valence-corrected chi connectivity index (χ1v) is 4.61. The molecule has 1 aliphatic carbocycles. The average molecular weight is 249 g/mol. The van der Waals surface area contributed by atoms with Crippen molar-refractivity contribution in [3.63, 3.8) is 0 Å². The molecule has 0 bridgehead atoms. The van der Waals surface area contributed by atoms with Crippen molar-refractivity contribution in [2.24, 2.45) is 5.73 Å². The molecule has 1 heterocycles. The van der Waals surface area contributed by atoms with Gasteiger partial charge in [0.1, 0.15) is 0 Å². The van der Waals surface area contributed by atoms with Gasteiger partial charge >= 0.3 is 12.1 Å². The van der Waals surface area contributed by atoms with Gasteiger partial charge in [-0.2, -0.15) is 13.2 Å². The van der Waals surface area contributed by atoms with Gasteiger partial charge in [-0.25, -0.2) is 4.79 Å². The SMILES string of the molecule is NC1(c2cnccn2)CC1.O=C(O)C(F)(F)F. The highest BCUT2D eigenvalue weighted by Gasteiger charge is 2.41. The van der Waals surface area contributed by atoms with Crippen molar-refractivity contribution in [3.05, 3.63) is 24.3 Å². The van der Waals surface area contributed by atoms with Crippen LogP contribution >= 0.6 is 0 Å². The Balaban J connectivity index is 0.000000185. The van der Waals surface area contributed by atoms with E-state index in [1.165, 1.54) is 0 Å². The van der Waals surface area contributed by atoms with Crippen LogP contribution in [0.15, 0.2) is 18.6 Å². The molecule has 0 amide bonds. The maximum atomic E-state index is 10.6. The molecule has 1 aliphatic rings. The Morgan fingerprint density at radius 3 is 2.24 bits per heavy atom. The summed E-state index contributed by atoms with van der Waals surface area (Å²) in [5, 5.41) is 7.12. The zero-order valence-corrected chi connectivity index (χ0v) is 8.61. The molecule has 0 radical (unpaired) electrons. The van der Waals surface area contributed by atoms with Crippen LogP contribution in [-0.4, -0.2) is 27.2 Å². The number of hydrogen-bond donors (Lipinski definition) is 2. The number of alkyl halides is 3. The highest BCUT2D eigenvalue weighted by atomic mass is 19.4. The zero-order chi connectivity index (χ0) is 13.1. The van der Waals surface area contributed by atoms with Crippen LogP contribution in [0.2, 0.25) is 0 Å². The maximum Gasteiger partial charge on any atom is 0.490 e. The molecule has 8 heteroatoms. The molecule has 0 aromatic carbocycles. The Morgan fingerprint density at radius 1 is 1.41 bits per heavy atom. The van der Waals surface area contributed by atoms with Gasteiger partial charge in [-0.15, -0.1) is 0 Å². The van der Waals surface area contributed by atoms with Crippen molar-refractivity contribution in [1.82, 2.24) is 9.97 Å². The van der Waals surface area contributed by atoms with Gasteiger partial charge in [-0.1, -0.05) is 0 Å². The van der Waals surface area contributed by atoms with Crippen LogP contribution in [0.5, 0.6) is 0 Å². The summed E-state index contributed by atoms with van der Waals surface area (Å²) < 4.78 is 31.7. The average Bonchev–Trinajstić information content (AvgIpc) is 2.99. The molecule has 3 N–H and O–H groups in total. The van der Waals surface area contributed by atoms with Gasteiger partial charge in [0.15, 0.2) is 0 Å². The molecule has 5 nitrogen and oxygen atoms in total. The van der Waals surface area contributed by atoms with E-state index in [0.717, 1.165) is 18.5 Å². The Labute approximate surface area is 94.5 Å². The first kappa shape index (κ1) is 13.4. The predicted molar refractivity (Wildman–Crippen MR) is 50.8 cm³/mol. The zero-order valence-electron chi connectivity index (χ0n) is 8.61. The number of carbonyl (C=O) groups is 1. The summed E-state index contributed by atoms with van der Waals surface area (Å²) in [6.45, 7) is 0. The summed E-state index contributed by atoms with van der Waals surface area (Å²) in [5.74, 6) is -2.76. The number of nitrogens with zero attached hydrogens (tertiary/aromatic N) is 2. The molecule has 1 saturated carbocycles. The molecule has 2 rings (SSSR count). The van der Waals surface area contributed by atoms with Crippen molar-refractivity contribution < 1.29 is 23.1 Å². The molecule has 0 spiro atoms. The van der Waals surface area contributed by atoms with Gasteiger partial charge in [0.05, 0.1) is 17.4 Å². The third kappa shape index (κ3) is 3.99. The van der Waals surface area contributed by atoms with E-state index >= 15 is 0 Å². The highest BCUT2D eigenvalue weighted by molar-refractivity contribution is 5.73. The predicted octanol–water partition coefficient (Wildman–Crippen LogP) is 1.06. The number of carboxylic acids is 1. The van der Waals surface area contributed by atoms with Crippen molar-refractivity contribution >= 4 is 5.97 Å². The molecule has 1 aromatic heterocycles. The van der Waals surface area contributed by atoms with Crippen LogP contribution in [-0.2, 0) is 10.3 Å². The van der Waals surface area contributed by atoms with E-state index in [0.29, 0.717) is 0 Å². The van der Waals surface area contributed by atoms with Crippen LogP contribution in [0.4, 0.5) is 13.2 Å². The van der Waals surface area contributed by atoms with Crippen LogP contribution in [0.25, 0.3) is 0 Å². The van der Waals surface area contributed by atoms with E-state index in [1.807, 2.05) is 0 Å². The fourth-order valence-electron chi connectivity index (χ4n) is 0.947. The fraction of sp³-hybridized carbons (Fsp3) is 0.444. The third-order valence-electron chi connectivity index (χ3n) is 2.10. The number of aromatic nitrogens is 2. The summed E-state index contributed by atoms with van der Waals surface area (Å²) >= 11 is 0. The van der Waals surface area contributed by atoms with E-state index in [2.05, 4.69) is 9.97 Å². The quantitative estimate of drug-likeness (QED) is 0.776. The van der Waals surface area contributed by atoms with Gasteiger partial charge < -0.3 is 10.8 Å². The molecule has 1 fully saturated rings. The summed E-state index contributed by atoms with van der Waals surface area (Å²) in [6, 6.07) is 0. The number of rotatable bonds is 1. The molecule has 0 aliphatic heterocycles. The minimum absolute atomic E-state index is 0.131. The summed E-state index contributed by atoms with van der Waals surface area (Å²) in [6.07, 6.45) is 2.10. The minimum Gasteiger partial charge on any atom is -0.475 e. The van der Waals surface area contributed by atoms with Crippen molar-refractivity contribution in [3.8, 4) is 0 Å². The van der Waals surface area contributed by atoms with Gasteiger partial charge in [-0.3, -0.25) is 9.97 Å². The topological polar surface area (TPSA) is 89.1 Å². The van der Waals surface area contributed by atoms with Gasteiger partial charge in [0, 0.05) is 12.4 Å². The number of halogens is 3. The second-order valence-electron chi connectivity index (χ2n) is 3.55. The second-order valence-corrected chi connectivity index (χ2v) is 3.55. The number of carboxylic acid groups (broad SMARTS) is 1. The van der Waals surface area contributed by atoms with Crippen molar-refractivity contribution in [1.29, 1.82) is 0 Å². The number of hydrogen-bond acceptors (Lipinski definition) is 4. The third-order valence-corrected chi connectivity index (χ3v) is 2.10. The lowest BCUT2D eigenvalue weighted by Gasteiger charge is -2.04. The normalized spacial score (nSPS) is 16.7. The minimum atomic E-state index is -5.08. The van der Waals surface area contributed by atoms with Gasteiger partial charge in [-0.05, 0) is 12.8 Å². The van der Waals surface area contributed by atoms with Gasteiger partial charge in [0.2, 0.25) is 0 Å². The smallest absolute Gasteiger partial charge is 0.475 e. The molecule has 1 aromatic rings. The second kappa shape index (κ2) is 4.66. The van der Waals surface area contributed by atoms with E-state index in [1.54, 1.807) is 18.6 Å². The molecule has 0 atom stereocenters. The Hall–Kier alpha value is -1.70. The monoisotopic (exact) mass is 249 g/mol. The summed E-state index contributed by atoms with van der Waals surface area (Å²) in [4.78, 5) is 17.0. The van der Waals surface area contributed by atoms with Crippen LogP contribution < -0.4 is 5.73 Å². The van der Waals surface area contributed by atoms with E-state index in [-0.39, 0.29) is 5.54 Å². The van der Waals surface area contributed by atoms with Gasteiger partial charge in [0.25, 0.3) is 0 Å². The summed E-state index contributed by atoms with van der Waals surface area (Å²) in [7, 11) is 0. The molecule has 0 saturated heterocycles. The maximum absolute atomic E-state index is 10.6.